The molecule has 0 unspecified atom stereocenters. The third-order valence-electron chi connectivity index (χ3n) is 5.94. The Balaban J connectivity index is 1.44. The van der Waals surface area contributed by atoms with Gasteiger partial charge in [0.25, 0.3) is 0 Å². The number of hydrogen-bond acceptors (Lipinski definition) is 5. The molecule has 8 heteroatoms. The fourth-order valence-corrected chi connectivity index (χ4v) is 4.51. The monoisotopic (exact) mass is 389 g/mol. The molecule has 2 saturated heterocycles. The zero-order valence-corrected chi connectivity index (χ0v) is 16.7. The molecule has 2 aliphatic heterocycles. The van der Waals surface area contributed by atoms with Crippen molar-refractivity contribution in [3.63, 3.8) is 0 Å². The first kappa shape index (κ1) is 19.3. The third kappa shape index (κ3) is 4.17. The van der Waals surface area contributed by atoms with Crippen molar-refractivity contribution < 1.29 is 14.0 Å². The number of nitrogens with zero attached hydrogens (tertiary/aromatic N) is 5. The van der Waals surface area contributed by atoms with Crippen molar-refractivity contribution in [1.82, 2.24) is 20.2 Å². The zero-order chi connectivity index (χ0) is 19.5. The largest absolute Gasteiger partial charge is 0.376 e. The zero-order valence-electron chi connectivity index (χ0n) is 16.7. The van der Waals surface area contributed by atoms with Gasteiger partial charge in [-0.3, -0.25) is 0 Å². The molecule has 2 fully saturated rings. The number of piperazine rings is 1. The number of tetrazole rings is 1. The summed E-state index contributed by atoms with van der Waals surface area (Å²) < 4.78 is 20.9. The highest BCUT2D eigenvalue weighted by Gasteiger charge is 2.35. The summed E-state index contributed by atoms with van der Waals surface area (Å²) in [5.74, 6) is 1.21. The van der Waals surface area contributed by atoms with Gasteiger partial charge >= 0.3 is 0 Å². The van der Waals surface area contributed by atoms with Crippen molar-refractivity contribution >= 4 is 5.69 Å². The minimum Gasteiger partial charge on any atom is -0.376 e. The van der Waals surface area contributed by atoms with E-state index in [-0.39, 0.29) is 18.0 Å². The third-order valence-corrected chi connectivity index (χ3v) is 5.94. The summed E-state index contributed by atoms with van der Waals surface area (Å²) in [6.45, 7) is 9.96. The summed E-state index contributed by atoms with van der Waals surface area (Å²) in [5.41, 5.74) is 1.09. The highest BCUT2D eigenvalue weighted by Crippen LogP contribution is 2.20. The Morgan fingerprint density at radius 3 is 2.61 bits per heavy atom. The SMILES string of the molecule is CC(C)[C@@H](c1nnnn1C[C@H]1CCCO1)[NH+]1CCN(c2ccc(F)cc2)CC1. The van der Waals surface area contributed by atoms with E-state index >= 15 is 0 Å². The van der Waals surface area contributed by atoms with E-state index in [1.165, 1.54) is 17.0 Å². The standard InChI is InChI=1S/C20H29FN6O/c1-15(2)19(20-22-23-24-27(20)14-18-4-3-13-28-18)26-11-9-25(10-12-26)17-7-5-16(21)6-8-17/h5-8,15,18-19H,3-4,9-14H2,1-2H3/p+1/t18-,19+/m1/s1. The highest BCUT2D eigenvalue weighted by atomic mass is 19.1. The molecule has 2 aliphatic rings. The molecule has 0 aliphatic carbocycles. The van der Waals surface area contributed by atoms with Crippen LogP contribution in [-0.4, -0.2) is 59.1 Å². The fraction of sp³-hybridized carbons (Fsp3) is 0.650. The Bertz CT molecular complexity index is 750. The maximum atomic E-state index is 13.2. The van der Waals surface area contributed by atoms with E-state index in [1.807, 2.05) is 16.8 Å². The van der Waals surface area contributed by atoms with Crippen molar-refractivity contribution in [1.29, 1.82) is 0 Å². The summed E-state index contributed by atoms with van der Waals surface area (Å²) >= 11 is 0. The number of hydrogen-bond donors (Lipinski definition) is 1. The van der Waals surface area contributed by atoms with Gasteiger partial charge in [0, 0.05) is 18.2 Å². The second kappa shape index (κ2) is 8.53. The average Bonchev–Trinajstić information content (AvgIpc) is 3.36. The normalized spacial score (nSPS) is 22.1. The van der Waals surface area contributed by atoms with E-state index in [0.717, 1.165) is 63.7 Å². The van der Waals surface area contributed by atoms with Gasteiger partial charge in [-0.1, -0.05) is 13.8 Å². The van der Waals surface area contributed by atoms with E-state index in [4.69, 9.17) is 4.74 Å². The number of rotatable bonds is 6. The Morgan fingerprint density at radius 1 is 1.21 bits per heavy atom. The second-order valence-corrected chi connectivity index (χ2v) is 8.20. The van der Waals surface area contributed by atoms with Gasteiger partial charge in [-0.05, 0) is 47.5 Å². The smallest absolute Gasteiger partial charge is 0.209 e. The first-order chi connectivity index (χ1) is 13.6. The molecule has 4 rings (SSSR count). The number of benzene rings is 1. The molecule has 7 nitrogen and oxygen atoms in total. The Labute approximate surface area is 165 Å². The van der Waals surface area contributed by atoms with E-state index < -0.39 is 0 Å². The fourth-order valence-electron chi connectivity index (χ4n) is 4.51. The molecule has 0 amide bonds. The van der Waals surface area contributed by atoms with Crippen LogP contribution in [0.5, 0.6) is 0 Å². The van der Waals surface area contributed by atoms with Gasteiger partial charge in [-0.25, -0.2) is 9.07 Å². The minimum atomic E-state index is -0.189. The van der Waals surface area contributed by atoms with Crippen LogP contribution >= 0.6 is 0 Å². The molecule has 1 aromatic carbocycles. The van der Waals surface area contributed by atoms with Gasteiger partial charge in [-0.15, -0.1) is 5.10 Å². The molecule has 3 heterocycles. The number of aromatic nitrogens is 4. The van der Waals surface area contributed by atoms with Gasteiger partial charge in [0.2, 0.25) is 5.82 Å². The van der Waals surface area contributed by atoms with Crippen molar-refractivity contribution in [2.75, 3.05) is 37.7 Å². The van der Waals surface area contributed by atoms with E-state index in [9.17, 15) is 4.39 Å². The minimum absolute atomic E-state index is 0.189. The van der Waals surface area contributed by atoms with Gasteiger partial charge in [0.05, 0.1) is 38.8 Å². The molecule has 0 radical (unpaired) electrons. The maximum Gasteiger partial charge on any atom is 0.209 e. The average molecular weight is 389 g/mol. The molecule has 0 spiro atoms. The molecular weight excluding hydrogens is 359 g/mol. The Kier molecular flexibility index (Phi) is 5.87. The van der Waals surface area contributed by atoms with Crippen molar-refractivity contribution in [2.24, 2.45) is 5.92 Å². The molecule has 2 aromatic rings. The topological polar surface area (TPSA) is 60.5 Å². The first-order valence-electron chi connectivity index (χ1n) is 10.3. The first-order valence-corrected chi connectivity index (χ1v) is 10.3. The summed E-state index contributed by atoms with van der Waals surface area (Å²) in [7, 11) is 0. The van der Waals surface area contributed by atoms with Gasteiger partial charge in [0.15, 0.2) is 6.04 Å². The summed E-state index contributed by atoms with van der Waals surface area (Å²) in [4.78, 5) is 3.84. The van der Waals surface area contributed by atoms with Crippen LogP contribution in [0.2, 0.25) is 0 Å². The molecule has 2 atom stereocenters. The van der Waals surface area contributed by atoms with E-state index in [1.54, 1.807) is 0 Å². The van der Waals surface area contributed by atoms with Crippen LogP contribution in [0.15, 0.2) is 24.3 Å². The molecule has 152 valence electrons. The van der Waals surface area contributed by atoms with E-state index in [0.29, 0.717) is 5.92 Å². The van der Waals surface area contributed by atoms with Gasteiger partial charge in [0.1, 0.15) is 5.82 Å². The second-order valence-electron chi connectivity index (χ2n) is 8.20. The quantitative estimate of drug-likeness (QED) is 0.802. The van der Waals surface area contributed by atoms with Crippen molar-refractivity contribution in [3.8, 4) is 0 Å². The van der Waals surface area contributed by atoms with Crippen LogP contribution in [0.1, 0.15) is 38.6 Å². The summed E-state index contributed by atoms with van der Waals surface area (Å²) in [6.07, 6.45) is 2.42. The molecule has 1 N–H and O–H groups in total. The number of halogens is 1. The van der Waals surface area contributed by atoms with Crippen LogP contribution in [-0.2, 0) is 11.3 Å². The number of anilines is 1. The summed E-state index contributed by atoms with van der Waals surface area (Å²) in [5, 5.41) is 12.7. The van der Waals surface area contributed by atoms with Crippen LogP contribution in [0.3, 0.4) is 0 Å². The Hall–Kier alpha value is -2.06. The molecule has 1 aromatic heterocycles. The number of quaternary nitrogens is 1. The van der Waals surface area contributed by atoms with E-state index in [2.05, 4.69) is 34.3 Å². The van der Waals surface area contributed by atoms with Crippen molar-refractivity contribution in [3.05, 3.63) is 35.9 Å². The molecule has 28 heavy (non-hydrogen) atoms. The van der Waals surface area contributed by atoms with Crippen LogP contribution in [0.4, 0.5) is 10.1 Å². The predicted molar refractivity (Wildman–Crippen MR) is 104 cm³/mol. The van der Waals surface area contributed by atoms with Gasteiger partial charge in [-0.2, -0.15) is 0 Å². The molecule has 0 saturated carbocycles. The molecule has 0 bridgehead atoms. The Morgan fingerprint density at radius 2 is 1.96 bits per heavy atom. The lowest BCUT2D eigenvalue weighted by molar-refractivity contribution is -0.937. The lowest BCUT2D eigenvalue weighted by Crippen LogP contribution is -3.15. The lowest BCUT2D eigenvalue weighted by atomic mass is 10.0. The number of ether oxygens (including phenoxy) is 1. The summed E-state index contributed by atoms with van der Waals surface area (Å²) in [6, 6.07) is 7.05. The van der Waals surface area contributed by atoms with Crippen LogP contribution in [0, 0.1) is 11.7 Å². The predicted octanol–water partition coefficient (Wildman–Crippen LogP) is 1.09. The van der Waals surface area contributed by atoms with Crippen molar-refractivity contribution in [2.45, 2.75) is 45.4 Å². The van der Waals surface area contributed by atoms with Crippen LogP contribution in [0.25, 0.3) is 0 Å². The molecular formula is C20H30FN6O+. The van der Waals surface area contributed by atoms with Crippen LogP contribution < -0.4 is 9.80 Å². The number of nitrogens with one attached hydrogen (secondary N) is 1. The van der Waals surface area contributed by atoms with Gasteiger partial charge < -0.3 is 14.5 Å². The highest BCUT2D eigenvalue weighted by molar-refractivity contribution is 5.46. The maximum absolute atomic E-state index is 13.2. The lowest BCUT2D eigenvalue weighted by Gasteiger charge is -2.38.